The molecule has 0 aliphatic heterocycles. The van der Waals surface area contributed by atoms with Gasteiger partial charge in [-0.2, -0.15) is 0 Å². The van der Waals surface area contributed by atoms with E-state index >= 15 is 0 Å². The summed E-state index contributed by atoms with van der Waals surface area (Å²) in [5.41, 5.74) is 2.36. The second-order valence-corrected chi connectivity index (χ2v) is 5.98. The summed E-state index contributed by atoms with van der Waals surface area (Å²) >= 11 is 0. The fourth-order valence-electron chi connectivity index (χ4n) is 3.24. The third-order valence-electron chi connectivity index (χ3n) is 4.46. The number of benzene rings is 2. The first kappa shape index (κ1) is 15.4. The van der Waals surface area contributed by atoms with Gasteiger partial charge in [-0.1, -0.05) is 6.07 Å². The van der Waals surface area contributed by atoms with Crippen molar-refractivity contribution < 1.29 is 18.7 Å². The van der Waals surface area contributed by atoms with E-state index in [1.54, 1.807) is 36.4 Å². The molecule has 0 atom stereocenters. The fourth-order valence-corrected chi connectivity index (χ4v) is 3.24. The van der Waals surface area contributed by atoms with Crippen molar-refractivity contribution in [2.24, 2.45) is 0 Å². The molecule has 1 aliphatic carbocycles. The Morgan fingerprint density at radius 3 is 2.72 bits per heavy atom. The van der Waals surface area contributed by atoms with Gasteiger partial charge in [0, 0.05) is 17.0 Å². The summed E-state index contributed by atoms with van der Waals surface area (Å²) in [6.07, 6.45) is 2.60. The summed E-state index contributed by atoms with van der Waals surface area (Å²) in [7, 11) is 1.54. The van der Waals surface area contributed by atoms with Crippen LogP contribution in [0.3, 0.4) is 0 Å². The molecule has 25 heavy (non-hydrogen) atoms. The number of esters is 1. The average molecular weight is 336 g/mol. The van der Waals surface area contributed by atoms with E-state index in [1.807, 2.05) is 6.07 Å². The third kappa shape index (κ3) is 2.78. The zero-order chi connectivity index (χ0) is 17.4. The normalized spacial score (nSPS) is 12.8. The van der Waals surface area contributed by atoms with E-state index in [-0.39, 0.29) is 5.63 Å². The van der Waals surface area contributed by atoms with Crippen LogP contribution in [0.5, 0.6) is 11.5 Å². The number of carbonyl (C=O) groups is 1. The second kappa shape index (κ2) is 6.09. The van der Waals surface area contributed by atoms with Crippen molar-refractivity contribution in [3.63, 3.8) is 0 Å². The Labute approximate surface area is 143 Å². The maximum atomic E-state index is 12.3. The van der Waals surface area contributed by atoms with Crippen LogP contribution < -0.4 is 15.1 Å². The van der Waals surface area contributed by atoms with Crippen molar-refractivity contribution in [1.29, 1.82) is 0 Å². The van der Waals surface area contributed by atoms with Crippen LogP contribution in [0, 0.1) is 0 Å². The number of hydrogen-bond donors (Lipinski definition) is 0. The number of fused-ring (bicyclic) bond motifs is 3. The van der Waals surface area contributed by atoms with Crippen molar-refractivity contribution in [3.8, 4) is 11.5 Å². The molecule has 0 unspecified atom stereocenters. The summed E-state index contributed by atoms with van der Waals surface area (Å²) in [6, 6.07) is 11.9. The number of methoxy groups -OCH3 is 1. The molecule has 0 fully saturated rings. The third-order valence-corrected chi connectivity index (χ3v) is 4.46. The van der Waals surface area contributed by atoms with Crippen LogP contribution in [0.2, 0.25) is 0 Å². The van der Waals surface area contributed by atoms with E-state index in [9.17, 15) is 9.59 Å². The van der Waals surface area contributed by atoms with E-state index < -0.39 is 5.97 Å². The van der Waals surface area contributed by atoms with Crippen LogP contribution in [-0.2, 0) is 12.8 Å². The molecular formula is C20H16O5. The molecule has 0 saturated carbocycles. The van der Waals surface area contributed by atoms with Crippen molar-refractivity contribution >= 4 is 16.9 Å². The van der Waals surface area contributed by atoms with Gasteiger partial charge in [-0.15, -0.1) is 0 Å². The predicted molar refractivity (Wildman–Crippen MR) is 92.5 cm³/mol. The highest BCUT2D eigenvalue weighted by atomic mass is 16.5. The monoisotopic (exact) mass is 336 g/mol. The van der Waals surface area contributed by atoms with Gasteiger partial charge < -0.3 is 13.9 Å². The minimum Gasteiger partial charge on any atom is -0.497 e. The largest absolute Gasteiger partial charge is 0.497 e. The Balaban J connectivity index is 1.67. The summed E-state index contributed by atoms with van der Waals surface area (Å²) in [4.78, 5) is 24.4. The lowest BCUT2D eigenvalue weighted by molar-refractivity contribution is 0.0734. The van der Waals surface area contributed by atoms with Crippen molar-refractivity contribution in [3.05, 3.63) is 69.6 Å². The molecule has 1 heterocycles. The molecule has 0 saturated heterocycles. The first-order chi connectivity index (χ1) is 12.2. The van der Waals surface area contributed by atoms with Crippen LogP contribution in [-0.4, -0.2) is 13.1 Å². The topological polar surface area (TPSA) is 65.7 Å². The quantitative estimate of drug-likeness (QED) is 0.416. The number of carbonyl (C=O) groups excluding carboxylic acids is 1. The molecule has 0 spiro atoms. The van der Waals surface area contributed by atoms with Gasteiger partial charge in [0.2, 0.25) is 0 Å². The predicted octanol–water partition coefficient (Wildman–Crippen LogP) is 3.51. The van der Waals surface area contributed by atoms with Crippen molar-refractivity contribution in [2.45, 2.75) is 19.3 Å². The summed E-state index contributed by atoms with van der Waals surface area (Å²) < 4.78 is 15.9. The fraction of sp³-hybridized carbons (Fsp3) is 0.200. The molecule has 5 nitrogen and oxygen atoms in total. The molecule has 1 aromatic heterocycles. The molecule has 0 N–H and O–H groups in total. The first-order valence-electron chi connectivity index (χ1n) is 8.10. The molecule has 1 aliphatic rings. The SMILES string of the molecule is COc1cccc(C(=O)Oc2ccc3c4c(c(=O)oc3c2)CCC4)c1. The van der Waals surface area contributed by atoms with Crippen LogP contribution in [0.15, 0.2) is 51.7 Å². The Morgan fingerprint density at radius 2 is 1.88 bits per heavy atom. The number of hydrogen-bond acceptors (Lipinski definition) is 5. The Kier molecular flexibility index (Phi) is 3.76. The summed E-state index contributed by atoms with van der Waals surface area (Å²) in [6.45, 7) is 0. The minimum absolute atomic E-state index is 0.295. The van der Waals surface area contributed by atoms with Gasteiger partial charge in [0.1, 0.15) is 17.1 Å². The minimum atomic E-state index is -0.498. The van der Waals surface area contributed by atoms with E-state index in [1.165, 1.54) is 7.11 Å². The average Bonchev–Trinajstić information content (AvgIpc) is 3.12. The standard InChI is InChI=1S/C20H16O5/c1-23-13-5-2-4-12(10-13)19(21)24-14-8-9-16-15-6-3-7-17(15)20(22)25-18(16)11-14/h2,4-5,8-11H,3,6-7H2,1H3. The molecule has 0 radical (unpaired) electrons. The molecule has 4 rings (SSSR count). The van der Waals surface area contributed by atoms with E-state index in [0.717, 1.165) is 35.8 Å². The van der Waals surface area contributed by atoms with Crippen LogP contribution in [0.25, 0.3) is 11.0 Å². The lowest BCUT2D eigenvalue weighted by atomic mass is 10.1. The van der Waals surface area contributed by atoms with Crippen LogP contribution in [0.1, 0.15) is 27.9 Å². The zero-order valence-electron chi connectivity index (χ0n) is 13.7. The molecule has 126 valence electrons. The van der Waals surface area contributed by atoms with Gasteiger partial charge in [-0.3, -0.25) is 0 Å². The van der Waals surface area contributed by atoms with Gasteiger partial charge in [0.15, 0.2) is 0 Å². The van der Waals surface area contributed by atoms with Crippen LogP contribution >= 0.6 is 0 Å². The molecule has 0 bridgehead atoms. The van der Waals surface area contributed by atoms with Gasteiger partial charge in [0.05, 0.1) is 12.7 Å². The van der Waals surface area contributed by atoms with Gasteiger partial charge in [-0.25, -0.2) is 9.59 Å². The maximum Gasteiger partial charge on any atom is 0.343 e. The smallest absolute Gasteiger partial charge is 0.343 e. The van der Waals surface area contributed by atoms with E-state index in [2.05, 4.69) is 0 Å². The molecule has 0 amide bonds. The van der Waals surface area contributed by atoms with Crippen molar-refractivity contribution in [2.75, 3.05) is 7.11 Å². The number of aryl methyl sites for hydroxylation is 1. The molecule has 3 aromatic rings. The van der Waals surface area contributed by atoms with Gasteiger partial charge in [0.25, 0.3) is 0 Å². The highest BCUT2D eigenvalue weighted by Gasteiger charge is 2.20. The van der Waals surface area contributed by atoms with Gasteiger partial charge in [-0.05, 0) is 55.2 Å². The molecule has 5 heteroatoms. The van der Waals surface area contributed by atoms with Crippen LogP contribution in [0.4, 0.5) is 0 Å². The highest BCUT2D eigenvalue weighted by molar-refractivity contribution is 5.92. The lowest BCUT2D eigenvalue weighted by Gasteiger charge is -2.08. The first-order valence-corrected chi connectivity index (χ1v) is 8.10. The Morgan fingerprint density at radius 1 is 1.04 bits per heavy atom. The Bertz CT molecular complexity index is 1030. The van der Waals surface area contributed by atoms with Gasteiger partial charge >= 0.3 is 11.6 Å². The second-order valence-electron chi connectivity index (χ2n) is 5.98. The zero-order valence-corrected chi connectivity index (χ0v) is 13.7. The number of ether oxygens (including phenoxy) is 2. The summed E-state index contributed by atoms with van der Waals surface area (Å²) in [5.74, 6) is 0.415. The molecule has 2 aromatic carbocycles. The van der Waals surface area contributed by atoms with E-state index in [4.69, 9.17) is 13.9 Å². The van der Waals surface area contributed by atoms with E-state index in [0.29, 0.717) is 22.6 Å². The summed E-state index contributed by atoms with van der Waals surface area (Å²) in [5, 5.41) is 0.910. The highest BCUT2D eigenvalue weighted by Crippen LogP contribution is 2.30. The lowest BCUT2D eigenvalue weighted by Crippen LogP contribution is -2.09. The van der Waals surface area contributed by atoms with Crippen molar-refractivity contribution in [1.82, 2.24) is 0 Å². The maximum absolute atomic E-state index is 12.3. The Hall–Kier alpha value is -3.08. The number of rotatable bonds is 3. The molecular weight excluding hydrogens is 320 g/mol.